The van der Waals surface area contributed by atoms with Gasteiger partial charge in [-0.2, -0.15) is 8.78 Å². The number of nitro benzene ring substituents is 1. The monoisotopic (exact) mass is 362 g/mol. The number of hydrogen-bond acceptors (Lipinski definition) is 4. The van der Waals surface area contributed by atoms with E-state index in [9.17, 15) is 23.7 Å². The van der Waals surface area contributed by atoms with E-state index in [1.807, 2.05) is 0 Å². The van der Waals surface area contributed by atoms with Crippen LogP contribution in [0.2, 0.25) is 0 Å². The van der Waals surface area contributed by atoms with Crippen molar-refractivity contribution < 1.29 is 23.2 Å². The van der Waals surface area contributed by atoms with Crippen molar-refractivity contribution in [3.05, 3.63) is 63.2 Å². The van der Waals surface area contributed by atoms with Crippen LogP contribution in [0.3, 0.4) is 0 Å². The fourth-order valence-electron chi connectivity index (χ4n) is 3.16. The van der Waals surface area contributed by atoms with Gasteiger partial charge in [-0.15, -0.1) is 0 Å². The van der Waals surface area contributed by atoms with Crippen LogP contribution in [-0.4, -0.2) is 24.0 Å². The van der Waals surface area contributed by atoms with Crippen LogP contribution in [0, 0.1) is 17.0 Å². The molecule has 2 aromatic rings. The molecular formula is C18H16F2N2O4. The summed E-state index contributed by atoms with van der Waals surface area (Å²) in [6.07, 6.45) is 1.33. The molecule has 0 aromatic heterocycles. The molecule has 0 atom stereocenters. The van der Waals surface area contributed by atoms with Gasteiger partial charge in [0.05, 0.1) is 10.6 Å². The minimum Gasteiger partial charge on any atom is -0.433 e. The Labute approximate surface area is 148 Å². The highest BCUT2D eigenvalue weighted by atomic mass is 19.3. The number of carbonyl (C=O) groups is 1. The maximum atomic E-state index is 12.9. The van der Waals surface area contributed by atoms with E-state index < -0.39 is 17.4 Å². The molecular weight excluding hydrogens is 346 g/mol. The van der Waals surface area contributed by atoms with Gasteiger partial charge in [0.15, 0.2) is 0 Å². The Hall–Kier alpha value is -3.03. The zero-order chi connectivity index (χ0) is 18.8. The lowest BCUT2D eigenvalue weighted by molar-refractivity contribution is -0.385. The van der Waals surface area contributed by atoms with Crippen molar-refractivity contribution in [3.63, 3.8) is 0 Å². The van der Waals surface area contributed by atoms with Gasteiger partial charge < -0.3 is 9.64 Å². The number of ether oxygens (including phenoxy) is 1. The number of hydrogen-bond donors (Lipinski definition) is 0. The third-order valence-electron chi connectivity index (χ3n) is 4.28. The number of halogens is 2. The second-order valence-electron chi connectivity index (χ2n) is 5.96. The van der Waals surface area contributed by atoms with Gasteiger partial charge in [0.1, 0.15) is 5.75 Å². The first kappa shape index (κ1) is 17.8. The van der Waals surface area contributed by atoms with Gasteiger partial charge in [-0.1, -0.05) is 12.1 Å². The highest BCUT2D eigenvalue weighted by Crippen LogP contribution is 2.38. The molecule has 2 aromatic carbocycles. The second-order valence-corrected chi connectivity index (χ2v) is 5.96. The van der Waals surface area contributed by atoms with E-state index in [1.54, 1.807) is 19.1 Å². The van der Waals surface area contributed by atoms with Crippen molar-refractivity contribution in [2.45, 2.75) is 26.4 Å². The Balaban J connectivity index is 2.00. The smallest absolute Gasteiger partial charge is 0.387 e. The molecule has 0 unspecified atom stereocenters. The lowest BCUT2D eigenvalue weighted by Gasteiger charge is -2.31. The number of rotatable bonds is 4. The highest BCUT2D eigenvalue weighted by Gasteiger charge is 2.28. The van der Waals surface area contributed by atoms with Crippen molar-refractivity contribution >= 4 is 17.3 Å². The van der Waals surface area contributed by atoms with Crippen molar-refractivity contribution in [1.29, 1.82) is 0 Å². The van der Waals surface area contributed by atoms with Gasteiger partial charge in [-0.25, -0.2) is 0 Å². The summed E-state index contributed by atoms with van der Waals surface area (Å²) in [6.45, 7) is -1.10. The van der Waals surface area contributed by atoms with E-state index in [-0.39, 0.29) is 17.0 Å². The summed E-state index contributed by atoms with van der Waals surface area (Å²) in [5.41, 5.74) is 1.62. The van der Waals surface area contributed by atoms with E-state index in [0.29, 0.717) is 30.6 Å². The van der Waals surface area contributed by atoms with Crippen LogP contribution < -0.4 is 9.64 Å². The Morgan fingerprint density at radius 1 is 1.31 bits per heavy atom. The molecule has 0 spiro atoms. The quantitative estimate of drug-likeness (QED) is 0.606. The fraction of sp³-hybridized carbons (Fsp3) is 0.278. The van der Waals surface area contributed by atoms with Crippen LogP contribution in [0.4, 0.5) is 20.2 Å². The third-order valence-corrected chi connectivity index (χ3v) is 4.28. The minimum atomic E-state index is -3.00. The molecule has 136 valence electrons. The SMILES string of the molecule is Cc1cc(C(=O)N2CCCc3cccc(OC(F)F)c32)ccc1[N+](=O)[O-]. The van der Waals surface area contributed by atoms with E-state index in [0.717, 1.165) is 5.56 Å². The number of alkyl halides is 2. The topological polar surface area (TPSA) is 72.7 Å². The molecule has 6 nitrogen and oxygen atoms in total. The van der Waals surface area contributed by atoms with Gasteiger partial charge in [0.2, 0.25) is 0 Å². The first-order chi connectivity index (χ1) is 12.4. The molecule has 3 rings (SSSR count). The van der Waals surface area contributed by atoms with Crippen LogP contribution in [-0.2, 0) is 6.42 Å². The summed E-state index contributed by atoms with van der Waals surface area (Å²) in [5.74, 6) is -0.460. The van der Waals surface area contributed by atoms with Crippen molar-refractivity contribution in [2.24, 2.45) is 0 Å². The maximum Gasteiger partial charge on any atom is 0.387 e. The molecule has 1 amide bonds. The summed E-state index contributed by atoms with van der Waals surface area (Å²) in [6, 6.07) is 8.87. The number of nitrogens with zero attached hydrogens (tertiary/aromatic N) is 2. The summed E-state index contributed by atoms with van der Waals surface area (Å²) < 4.78 is 30.0. The molecule has 1 aliphatic rings. The van der Waals surface area contributed by atoms with Gasteiger partial charge in [-0.3, -0.25) is 14.9 Å². The summed E-state index contributed by atoms with van der Waals surface area (Å²) in [7, 11) is 0. The number of aryl methyl sites for hydroxylation is 2. The number of amides is 1. The van der Waals surface area contributed by atoms with Crippen molar-refractivity contribution in [2.75, 3.05) is 11.4 Å². The molecule has 1 aliphatic heterocycles. The number of carbonyl (C=O) groups excluding carboxylic acids is 1. The minimum absolute atomic E-state index is 0.0517. The average molecular weight is 362 g/mol. The fourth-order valence-corrected chi connectivity index (χ4v) is 3.16. The maximum absolute atomic E-state index is 12.9. The average Bonchev–Trinajstić information content (AvgIpc) is 2.60. The number of para-hydroxylation sites is 1. The second kappa shape index (κ2) is 7.07. The normalized spacial score (nSPS) is 13.5. The molecule has 0 saturated carbocycles. The highest BCUT2D eigenvalue weighted by molar-refractivity contribution is 6.07. The molecule has 0 aliphatic carbocycles. The summed E-state index contributed by atoms with van der Waals surface area (Å²) >= 11 is 0. The molecule has 0 saturated heterocycles. The Bertz CT molecular complexity index is 870. The van der Waals surface area contributed by atoms with E-state index >= 15 is 0 Å². The van der Waals surface area contributed by atoms with Crippen LogP contribution >= 0.6 is 0 Å². The largest absolute Gasteiger partial charge is 0.433 e. The number of benzene rings is 2. The number of anilines is 1. The first-order valence-electron chi connectivity index (χ1n) is 8.02. The lowest BCUT2D eigenvalue weighted by Crippen LogP contribution is -2.36. The Kier molecular flexibility index (Phi) is 4.83. The van der Waals surface area contributed by atoms with Crippen LogP contribution in [0.25, 0.3) is 0 Å². The Morgan fingerprint density at radius 2 is 2.08 bits per heavy atom. The summed E-state index contributed by atoms with van der Waals surface area (Å²) in [5, 5.41) is 10.9. The standard InChI is InChI=1S/C18H16F2N2O4/c1-11-10-13(7-8-14(11)22(24)25)17(23)21-9-3-5-12-4-2-6-15(16(12)21)26-18(19)20/h2,4,6-8,10,18H,3,5,9H2,1H3. The van der Waals surface area contributed by atoms with Gasteiger partial charge in [0.25, 0.3) is 11.6 Å². The predicted molar refractivity (Wildman–Crippen MR) is 90.9 cm³/mol. The molecule has 26 heavy (non-hydrogen) atoms. The molecule has 8 heteroatoms. The van der Waals surface area contributed by atoms with Crippen LogP contribution in [0.1, 0.15) is 27.9 Å². The number of fused-ring (bicyclic) bond motifs is 1. The molecule has 0 fully saturated rings. The molecule has 0 bridgehead atoms. The van der Waals surface area contributed by atoms with Gasteiger partial charge >= 0.3 is 6.61 Å². The molecule has 0 N–H and O–H groups in total. The Morgan fingerprint density at radius 3 is 2.73 bits per heavy atom. The van der Waals surface area contributed by atoms with Crippen LogP contribution in [0.15, 0.2) is 36.4 Å². The number of nitro groups is 1. The van der Waals surface area contributed by atoms with E-state index in [2.05, 4.69) is 4.74 Å². The predicted octanol–water partition coefficient (Wildman–Crippen LogP) is 4.10. The van der Waals surface area contributed by atoms with Gasteiger partial charge in [0, 0.05) is 23.7 Å². The van der Waals surface area contributed by atoms with Gasteiger partial charge in [-0.05, 0) is 43.5 Å². The van der Waals surface area contributed by atoms with E-state index in [1.165, 1.54) is 29.2 Å². The third kappa shape index (κ3) is 3.35. The zero-order valence-corrected chi connectivity index (χ0v) is 13.9. The van der Waals surface area contributed by atoms with Crippen molar-refractivity contribution in [1.82, 2.24) is 0 Å². The lowest BCUT2D eigenvalue weighted by atomic mass is 9.99. The van der Waals surface area contributed by atoms with Crippen LogP contribution in [0.5, 0.6) is 5.75 Å². The zero-order valence-electron chi connectivity index (χ0n) is 13.9. The van der Waals surface area contributed by atoms with E-state index in [4.69, 9.17) is 0 Å². The molecule has 1 heterocycles. The summed E-state index contributed by atoms with van der Waals surface area (Å²) in [4.78, 5) is 24.8. The van der Waals surface area contributed by atoms with Crippen molar-refractivity contribution in [3.8, 4) is 5.75 Å². The molecule has 0 radical (unpaired) electrons. The first-order valence-corrected chi connectivity index (χ1v) is 8.02.